The summed E-state index contributed by atoms with van der Waals surface area (Å²) in [5, 5.41) is 5.78. The Morgan fingerprint density at radius 3 is 2.59 bits per heavy atom. The van der Waals surface area contributed by atoms with Crippen molar-refractivity contribution in [2.24, 2.45) is 0 Å². The van der Waals surface area contributed by atoms with Crippen LogP contribution >= 0.6 is 0 Å². The highest BCUT2D eigenvalue weighted by Crippen LogP contribution is 2.35. The molecular weight excluding hydrogens is 293 g/mol. The van der Waals surface area contributed by atoms with Crippen molar-refractivity contribution in [3.63, 3.8) is 0 Å². The third kappa shape index (κ3) is 4.09. The Morgan fingerprint density at radius 1 is 1.18 bits per heavy atom. The highest BCUT2D eigenvalue weighted by molar-refractivity contribution is 5.60. The standard InChI is InChI=1S/C15H17F3N4/c1-3-10(2)20-13-8-9-19-14(22-13)21-12-7-5-4-6-11(12)15(16,17)18/h4-10H,3H2,1-2H3,(H2,19,20,21,22). The molecule has 7 heteroatoms. The van der Waals surface area contributed by atoms with Gasteiger partial charge in [-0.3, -0.25) is 0 Å². The van der Waals surface area contributed by atoms with Crippen LogP contribution in [0.1, 0.15) is 25.8 Å². The molecule has 1 aromatic heterocycles. The predicted octanol–water partition coefficient (Wildman–Crippen LogP) is 4.45. The van der Waals surface area contributed by atoms with Gasteiger partial charge in [0.25, 0.3) is 0 Å². The molecule has 2 rings (SSSR count). The Hall–Kier alpha value is -2.31. The first-order chi connectivity index (χ1) is 10.4. The topological polar surface area (TPSA) is 49.8 Å². The van der Waals surface area contributed by atoms with E-state index in [0.29, 0.717) is 5.82 Å². The smallest absolute Gasteiger partial charge is 0.367 e. The van der Waals surface area contributed by atoms with Crippen LogP contribution in [0, 0.1) is 0 Å². The first kappa shape index (κ1) is 16.1. The van der Waals surface area contributed by atoms with Crippen molar-refractivity contribution in [2.45, 2.75) is 32.5 Å². The average molecular weight is 310 g/mol. The summed E-state index contributed by atoms with van der Waals surface area (Å²) in [6.07, 6.45) is -2.03. The van der Waals surface area contributed by atoms with Gasteiger partial charge in [0, 0.05) is 12.2 Å². The van der Waals surface area contributed by atoms with Crippen LogP contribution in [0.2, 0.25) is 0 Å². The summed E-state index contributed by atoms with van der Waals surface area (Å²) >= 11 is 0. The number of anilines is 3. The highest BCUT2D eigenvalue weighted by atomic mass is 19.4. The summed E-state index contributed by atoms with van der Waals surface area (Å²) < 4.78 is 38.9. The first-order valence-electron chi connectivity index (χ1n) is 6.93. The fourth-order valence-electron chi connectivity index (χ4n) is 1.81. The SMILES string of the molecule is CCC(C)Nc1ccnc(Nc2ccccc2C(F)(F)F)n1. The van der Waals surface area contributed by atoms with E-state index in [2.05, 4.69) is 20.6 Å². The summed E-state index contributed by atoms with van der Waals surface area (Å²) in [4.78, 5) is 8.14. The fourth-order valence-corrected chi connectivity index (χ4v) is 1.81. The van der Waals surface area contributed by atoms with Crippen LogP contribution in [0.4, 0.5) is 30.6 Å². The summed E-state index contributed by atoms with van der Waals surface area (Å²) in [6, 6.07) is 7.12. The maximum Gasteiger partial charge on any atom is 0.418 e. The third-order valence-electron chi connectivity index (χ3n) is 3.14. The van der Waals surface area contributed by atoms with Crippen molar-refractivity contribution in [1.29, 1.82) is 0 Å². The van der Waals surface area contributed by atoms with Gasteiger partial charge in [0.1, 0.15) is 5.82 Å². The minimum atomic E-state index is -4.43. The Kier molecular flexibility index (Phi) is 4.85. The Bertz CT molecular complexity index is 628. The first-order valence-corrected chi connectivity index (χ1v) is 6.93. The van der Waals surface area contributed by atoms with Crippen molar-refractivity contribution >= 4 is 17.5 Å². The van der Waals surface area contributed by atoms with Crippen molar-refractivity contribution in [1.82, 2.24) is 9.97 Å². The predicted molar refractivity (Wildman–Crippen MR) is 80.1 cm³/mol. The molecule has 0 spiro atoms. The minimum Gasteiger partial charge on any atom is -0.367 e. The van der Waals surface area contributed by atoms with Crippen LogP contribution in [0.25, 0.3) is 0 Å². The molecule has 0 bridgehead atoms. The number of benzene rings is 1. The number of halogens is 3. The summed E-state index contributed by atoms with van der Waals surface area (Å²) in [7, 11) is 0. The summed E-state index contributed by atoms with van der Waals surface area (Å²) in [5.74, 6) is 0.682. The van der Waals surface area contributed by atoms with Gasteiger partial charge in [-0.05, 0) is 31.5 Å². The third-order valence-corrected chi connectivity index (χ3v) is 3.14. The largest absolute Gasteiger partial charge is 0.418 e. The maximum absolute atomic E-state index is 13.0. The molecule has 0 saturated carbocycles. The van der Waals surface area contributed by atoms with E-state index in [1.165, 1.54) is 24.4 Å². The Balaban J connectivity index is 2.23. The molecule has 2 aromatic rings. The molecule has 1 atom stereocenters. The van der Waals surface area contributed by atoms with Gasteiger partial charge in [0.2, 0.25) is 5.95 Å². The molecule has 0 aliphatic heterocycles. The second-order valence-corrected chi connectivity index (χ2v) is 4.89. The fraction of sp³-hybridized carbons (Fsp3) is 0.333. The number of hydrogen-bond acceptors (Lipinski definition) is 4. The molecule has 0 amide bonds. The van der Waals surface area contributed by atoms with Gasteiger partial charge in [0.15, 0.2) is 0 Å². The van der Waals surface area contributed by atoms with Gasteiger partial charge in [-0.1, -0.05) is 19.1 Å². The molecule has 1 unspecified atom stereocenters. The molecule has 22 heavy (non-hydrogen) atoms. The van der Waals surface area contributed by atoms with E-state index in [-0.39, 0.29) is 17.7 Å². The van der Waals surface area contributed by atoms with E-state index in [0.717, 1.165) is 12.5 Å². The zero-order valence-electron chi connectivity index (χ0n) is 12.3. The zero-order valence-corrected chi connectivity index (χ0v) is 12.3. The van der Waals surface area contributed by atoms with Crippen molar-refractivity contribution < 1.29 is 13.2 Å². The van der Waals surface area contributed by atoms with Crippen LogP contribution in [-0.2, 0) is 6.18 Å². The minimum absolute atomic E-state index is 0.0734. The lowest BCUT2D eigenvalue weighted by atomic mass is 10.1. The number of nitrogens with zero attached hydrogens (tertiary/aromatic N) is 2. The van der Waals surface area contributed by atoms with Crippen LogP contribution in [0.5, 0.6) is 0 Å². The van der Waals surface area contributed by atoms with Crippen LogP contribution < -0.4 is 10.6 Å². The zero-order chi connectivity index (χ0) is 16.2. The lowest BCUT2D eigenvalue weighted by molar-refractivity contribution is -0.136. The molecule has 118 valence electrons. The lowest BCUT2D eigenvalue weighted by Gasteiger charge is -2.15. The molecule has 1 aromatic carbocycles. The van der Waals surface area contributed by atoms with E-state index in [4.69, 9.17) is 0 Å². The molecule has 4 nitrogen and oxygen atoms in total. The number of aromatic nitrogens is 2. The normalized spacial score (nSPS) is 12.8. The van der Waals surface area contributed by atoms with Crippen LogP contribution in [-0.4, -0.2) is 16.0 Å². The summed E-state index contributed by atoms with van der Waals surface area (Å²) in [5.41, 5.74) is -0.824. The van der Waals surface area contributed by atoms with Gasteiger partial charge in [-0.25, -0.2) is 4.98 Å². The van der Waals surface area contributed by atoms with Crippen molar-refractivity contribution in [3.05, 3.63) is 42.1 Å². The Labute approximate surface area is 126 Å². The van der Waals surface area contributed by atoms with Crippen LogP contribution in [0.3, 0.4) is 0 Å². The van der Waals surface area contributed by atoms with Gasteiger partial charge in [0.05, 0.1) is 11.3 Å². The van der Waals surface area contributed by atoms with Gasteiger partial charge >= 0.3 is 6.18 Å². The second kappa shape index (κ2) is 6.64. The quantitative estimate of drug-likeness (QED) is 0.856. The molecular formula is C15H17F3N4. The van der Waals surface area contributed by atoms with E-state index in [9.17, 15) is 13.2 Å². The van der Waals surface area contributed by atoms with Gasteiger partial charge < -0.3 is 10.6 Å². The second-order valence-electron chi connectivity index (χ2n) is 4.89. The monoisotopic (exact) mass is 310 g/mol. The lowest BCUT2D eigenvalue weighted by Crippen LogP contribution is -2.15. The highest BCUT2D eigenvalue weighted by Gasteiger charge is 2.33. The van der Waals surface area contributed by atoms with Gasteiger partial charge in [-0.15, -0.1) is 0 Å². The molecule has 2 N–H and O–H groups in total. The van der Waals surface area contributed by atoms with Crippen molar-refractivity contribution in [3.8, 4) is 0 Å². The molecule has 0 saturated heterocycles. The molecule has 0 aliphatic rings. The van der Waals surface area contributed by atoms with Crippen molar-refractivity contribution in [2.75, 3.05) is 10.6 Å². The number of hydrogen-bond donors (Lipinski definition) is 2. The maximum atomic E-state index is 13.0. The molecule has 1 heterocycles. The average Bonchev–Trinajstić information content (AvgIpc) is 2.47. The summed E-state index contributed by atoms with van der Waals surface area (Å²) in [6.45, 7) is 4.02. The van der Waals surface area contributed by atoms with E-state index in [1.807, 2.05) is 13.8 Å². The van der Waals surface area contributed by atoms with E-state index in [1.54, 1.807) is 6.07 Å². The molecule has 0 fully saturated rings. The Morgan fingerprint density at radius 2 is 1.91 bits per heavy atom. The molecule has 0 aliphatic carbocycles. The number of alkyl halides is 3. The van der Waals surface area contributed by atoms with Crippen LogP contribution in [0.15, 0.2) is 36.5 Å². The van der Waals surface area contributed by atoms with E-state index >= 15 is 0 Å². The van der Waals surface area contributed by atoms with Gasteiger partial charge in [-0.2, -0.15) is 18.2 Å². The number of rotatable bonds is 5. The molecule has 0 radical (unpaired) electrons. The number of para-hydroxylation sites is 1. The van der Waals surface area contributed by atoms with E-state index < -0.39 is 11.7 Å². The number of nitrogens with one attached hydrogen (secondary N) is 2.